The molecule has 3 rings (SSSR count). The number of carbonyl (C=O) groups excluding carboxylic acids is 2. The lowest BCUT2D eigenvalue weighted by Gasteiger charge is -2.20. The Balaban J connectivity index is 2.11. The Morgan fingerprint density at radius 1 is 0.857 bits per heavy atom. The Kier molecular flexibility index (Phi) is 10.3. The molecular formula is C32H40F3N3O4. The van der Waals surface area contributed by atoms with Gasteiger partial charge in [0.15, 0.2) is 22.6 Å². The number of nitrogens with one attached hydrogen (secondary N) is 3. The second kappa shape index (κ2) is 13.1. The number of anilines is 2. The number of halogens is 3. The molecule has 0 saturated carbocycles. The summed E-state index contributed by atoms with van der Waals surface area (Å²) in [5, 5.41) is 7.52. The van der Waals surface area contributed by atoms with E-state index in [4.69, 9.17) is 4.42 Å². The smallest absolute Gasteiger partial charge is 0.229 e. The van der Waals surface area contributed by atoms with Gasteiger partial charge in [-0.15, -0.1) is 0 Å². The molecule has 228 valence electrons. The van der Waals surface area contributed by atoms with Gasteiger partial charge in [-0.05, 0) is 31.2 Å². The van der Waals surface area contributed by atoms with Crippen molar-refractivity contribution in [1.82, 2.24) is 5.32 Å². The fourth-order valence-electron chi connectivity index (χ4n) is 4.06. The van der Waals surface area contributed by atoms with Crippen molar-refractivity contribution in [2.45, 2.75) is 80.7 Å². The van der Waals surface area contributed by atoms with Crippen molar-refractivity contribution in [3.8, 4) is 11.3 Å². The summed E-state index contributed by atoms with van der Waals surface area (Å²) in [4.78, 5) is 38.4. The maximum Gasteiger partial charge on any atom is 0.229 e. The highest BCUT2D eigenvalue weighted by Crippen LogP contribution is 2.35. The molecule has 42 heavy (non-hydrogen) atoms. The van der Waals surface area contributed by atoms with Crippen LogP contribution >= 0.6 is 0 Å². The molecule has 0 spiro atoms. The number of rotatable bonds is 10. The van der Waals surface area contributed by atoms with Gasteiger partial charge >= 0.3 is 0 Å². The molecule has 7 nitrogen and oxygen atoms in total. The van der Waals surface area contributed by atoms with E-state index in [0.29, 0.717) is 6.54 Å². The summed E-state index contributed by atoms with van der Waals surface area (Å²) in [7, 11) is 0. The highest BCUT2D eigenvalue weighted by atomic mass is 19.1. The second-order valence-corrected chi connectivity index (χ2v) is 12.5. The Morgan fingerprint density at radius 2 is 1.50 bits per heavy atom. The predicted molar refractivity (Wildman–Crippen MR) is 160 cm³/mol. The fraction of sp³-hybridized carbons (Fsp3) is 0.469. The van der Waals surface area contributed by atoms with E-state index < -0.39 is 67.7 Å². The van der Waals surface area contributed by atoms with Crippen LogP contribution in [0.15, 0.2) is 33.5 Å². The lowest BCUT2D eigenvalue weighted by Crippen LogP contribution is -2.29. The topological polar surface area (TPSA) is 100 Å². The second-order valence-electron chi connectivity index (χ2n) is 12.5. The van der Waals surface area contributed by atoms with E-state index in [1.54, 1.807) is 41.5 Å². The maximum atomic E-state index is 15.8. The monoisotopic (exact) mass is 587 g/mol. The zero-order valence-electron chi connectivity index (χ0n) is 25.3. The van der Waals surface area contributed by atoms with Gasteiger partial charge in [0.1, 0.15) is 11.6 Å². The number of fused-ring (bicyclic) bond motifs is 1. The van der Waals surface area contributed by atoms with E-state index in [0.717, 1.165) is 37.8 Å². The predicted octanol–water partition coefficient (Wildman–Crippen LogP) is 7.52. The molecule has 0 bridgehead atoms. The average Bonchev–Trinajstić information content (AvgIpc) is 2.89. The summed E-state index contributed by atoms with van der Waals surface area (Å²) in [5.41, 5.74) is -3.92. The third-order valence-corrected chi connectivity index (χ3v) is 6.76. The maximum absolute atomic E-state index is 15.8. The zero-order chi connectivity index (χ0) is 31.4. The van der Waals surface area contributed by atoms with E-state index in [9.17, 15) is 18.8 Å². The number of benzene rings is 2. The first-order valence-electron chi connectivity index (χ1n) is 14.2. The zero-order valence-corrected chi connectivity index (χ0v) is 25.3. The molecule has 0 aliphatic heterocycles. The first kappa shape index (κ1) is 32.8. The van der Waals surface area contributed by atoms with E-state index >= 15 is 8.78 Å². The van der Waals surface area contributed by atoms with Crippen molar-refractivity contribution in [3.63, 3.8) is 0 Å². The average molecular weight is 588 g/mol. The minimum absolute atomic E-state index is 0.0745. The first-order valence-corrected chi connectivity index (χ1v) is 14.2. The third kappa shape index (κ3) is 7.59. The lowest BCUT2D eigenvalue weighted by molar-refractivity contribution is -0.123. The molecule has 2 aromatic carbocycles. The first-order chi connectivity index (χ1) is 19.6. The van der Waals surface area contributed by atoms with Crippen LogP contribution in [0, 0.1) is 28.3 Å². The third-order valence-electron chi connectivity index (χ3n) is 6.76. The van der Waals surface area contributed by atoms with Crippen molar-refractivity contribution < 1.29 is 27.2 Å². The quantitative estimate of drug-likeness (QED) is 0.213. The van der Waals surface area contributed by atoms with Crippen LogP contribution in [0.2, 0.25) is 0 Å². The van der Waals surface area contributed by atoms with Crippen molar-refractivity contribution >= 4 is 34.2 Å². The van der Waals surface area contributed by atoms with E-state index in [1.807, 2.05) is 0 Å². The van der Waals surface area contributed by atoms with Crippen LogP contribution in [0.3, 0.4) is 0 Å². The Morgan fingerprint density at radius 3 is 2.10 bits per heavy atom. The number of carbonyl (C=O) groups is 2. The Hall–Kier alpha value is -3.66. The number of amides is 2. The molecule has 0 aliphatic carbocycles. The summed E-state index contributed by atoms with van der Waals surface area (Å²) in [6.45, 7) is 12.3. The number of hydrogen-bond acceptors (Lipinski definition) is 5. The van der Waals surface area contributed by atoms with Gasteiger partial charge in [0.25, 0.3) is 0 Å². The molecule has 10 heteroatoms. The Bertz CT molecular complexity index is 1540. The standard InChI is InChI=1S/C32H40F3N3O4/c1-8-9-10-11-14-36-17-19-25(34)27(38-30(41)32(5,6)7)24-22(39)16-23(42-28(24)26(19)35)18-12-13-21(20(33)15-18)37-29(40)31(2,3)4/h12-13,15-16,36H,8-11,14,17H2,1-7H3,(H,37,40)(H,38,41). The van der Waals surface area contributed by atoms with Gasteiger partial charge in [0, 0.05) is 34.6 Å². The SMILES string of the molecule is CCCCCCNCc1c(F)c(NC(=O)C(C)(C)C)c2c(=O)cc(-c3ccc(NC(=O)C(C)(C)C)c(F)c3)oc2c1F. The molecule has 0 fully saturated rings. The van der Waals surface area contributed by atoms with E-state index in [2.05, 4.69) is 22.9 Å². The van der Waals surface area contributed by atoms with Gasteiger partial charge in [-0.2, -0.15) is 0 Å². The fourth-order valence-corrected chi connectivity index (χ4v) is 4.06. The van der Waals surface area contributed by atoms with Crippen LogP contribution in [0.1, 0.15) is 79.7 Å². The molecule has 1 aromatic heterocycles. The summed E-state index contributed by atoms with van der Waals surface area (Å²) >= 11 is 0. The molecule has 2 amide bonds. The molecule has 0 aliphatic rings. The molecule has 0 radical (unpaired) electrons. The van der Waals surface area contributed by atoms with Crippen LogP contribution in [0.5, 0.6) is 0 Å². The minimum Gasteiger partial charge on any atom is -0.453 e. The van der Waals surface area contributed by atoms with Crippen LogP contribution in [-0.2, 0) is 16.1 Å². The Labute approximate surface area is 244 Å². The number of unbranched alkanes of at least 4 members (excludes halogenated alkanes) is 3. The summed E-state index contributed by atoms with van der Waals surface area (Å²) in [6, 6.07) is 4.75. The van der Waals surface area contributed by atoms with Gasteiger partial charge in [0.05, 0.1) is 16.8 Å². The molecule has 1 heterocycles. The normalized spacial score (nSPS) is 12.0. The van der Waals surface area contributed by atoms with Crippen LogP contribution < -0.4 is 21.4 Å². The van der Waals surface area contributed by atoms with Gasteiger partial charge < -0.3 is 20.4 Å². The van der Waals surface area contributed by atoms with Crippen LogP contribution in [0.4, 0.5) is 24.5 Å². The lowest BCUT2D eigenvalue weighted by atomic mass is 9.95. The number of hydrogen-bond donors (Lipinski definition) is 3. The van der Waals surface area contributed by atoms with E-state index in [1.165, 1.54) is 12.1 Å². The summed E-state index contributed by atoms with van der Waals surface area (Å²) in [5.74, 6) is -4.09. The van der Waals surface area contributed by atoms with Crippen LogP contribution in [0.25, 0.3) is 22.3 Å². The van der Waals surface area contributed by atoms with Gasteiger partial charge in [0.2, 0.25) is 11.8 Å². The van der Waals surface area contributed by atoms with Gasteiger partial charge in [-0.3, -0.25) is 14.4 Å². The largest absolute Gasteiger partial charge is 0.453 e. The highest BCUT2D eigenvalue weighted by Gasteiger charge is 2.29. The van der Waals surface area contributed by atoms with Crippen molar-refractivity contribution in [2.24, 2.45) is 10.8 Å². The van der Waals surface area contributed by atoms with Crippen molar-refractivity contribution in [2.75, 3.05) is 17.2 Å². The summed E-state index contributed by atoms with van der Waals surface area (Å²) < 4.78 is 52.3. The summed E-state index contributed by atoms with van der Waals surface area (Å²) in [6.07, 6.45) is 3.87. The molecule has 3 N–H and O–H groups in total. The minimum atomic E-state index is -1.09. The van der Waals surface area contributed by atoms with Gasteiger partial charge in [-0.25, -0.2) is 13.2 Å². The van der Waals surface area contributed by atoms with E-state index in [-0.39, 0.29) is 23.6 Å². The molecule has 0 saturated heterocycles. The van der Waals surface area contributed by atoms with Gasteiger partial charge in [-0.1, -0.05) is 67.7 Å². The van der Waals surface area contributed by atoms with Crippen molar-refractivity contribution in [3.05, 3.63) is 57.5 Å². The molecule has 3 aromatic rings. The van der Waals surface area contributed by atoms with Crippen molar-refractivity contribution in [1.29, 1.82) is 0 Å². The molecule has 0 atom stereocenters. The molecular weight excluding hydrogens is 547 g/mol. The highest BCUT2D eigenvalue weighted by molar-refractivity contribution is 6.03. The molecule has 0 unspecified atom stereocenters. The van der Waals surface area contributed by atoms with Crippen LogP contribution in [-0.4, -0.2) is 18.4 Å².